The zero-order chi connectivity index (χ0) is 27.5. The molecule has 37 heavy (non-hydrogen) atoms. The number of aryl methyl sites for hydroxylation is 2. The molecule has 196 valence electrons. The highest BCUT2D eigenvalue weighted by Crippen LogP contribution is 2.29. The number of halogens is 5. The second-order valence-corrected chi connectivity index (χ2v) is 10.6. The summed E-state index contributed by atoms with van der Waals surface area (Å²) in [5.41, 5.74) is 2.63. The van der Waals surface area contributed by atoms with Gasteiger partial charge in [0.25, 0.3) is 11.1 Å². The molecule has 15 heteroatoms. The summed E-state index contributed by atoms with van der Waals surface area (Å²) >= 11 is 32.8. The van der Waals surface area contributed by atoms with E-state index in [1.54, 1.807) is 32.4 Å². The molecule has 0 aromatic carbocycles. The molecule has 0 spiro atoms. The monoisotopic (exact) mass is 682 g/mol. The summed E-state index contributed by atoms with van der Waals surface area (Å²) in [7, 11) is 0. The Labute approximate surface area is 249 Å². The number of hydrogen-bond acceptors (Lipinski definition) is 7. The van der Waals surface area contributed by atoms with Crippen LogP contribution in [0.5, 0.6) is 0 Å². The molecular formula is C22H19BrCl4N6O2S2. The van der Waals surface area contributed by atoms with Crippen LogP contribution in [0.15, 0.2) is 51.9 Å². The van der Waals surface area contributed by atoms with Crippen LogP contribution in [0, 0.1) is 18.6 Å². The van der Waals surface area contributed by atoms with Gasteiger partial charge in [-0.3, -0.25) is 24.5 Å². The first kappa shape index (κ1) is 31.5. The van der Waals surface area contributed by atoms with Crippen molar-refractivity contribution in [2.75, 3.05) is 0 Å². The Morgan fingerprint density at radius 3 is 1.78 bits per heavy atom. The van der Waals surface area contributed by atoms with Crippen molar-refractivity contribution in [2.24, 2.45) is 0 Å². The van der Waals surface area contributed by atoms with E-state index >= 15 is 0 Å². The molecule has 0 atom stereocenters. The van der Waals surface area contributed by atoms with Crippen molar-refractivity contribution in [1.29, 1.82) is 0 Å². The van der Waals surface area contributed by atoms with E-state index in [1.807, 2.05) is 0 Å². The number of hydrogen-bond donors (Lipinski definition) is 3. The SMILES string of the molecule is Cc1c[nH]c(=S)[nH]c1=O.Cc1cnc(SCc2c(Cl)cncc2Cl)[nH]c1=O.Clc1cncc(Cl)c1CBr. The Morgan fingerprint density at radius 2 is 1.35 bits per heavy atom. The van der Waals surface area contributed by atoms with Crippen molar-refractivity contribution in [3.05, 3.63) is 105 Å². The Balaban J connectivity index is 0.000000214. The van der Waals surface area contributed by atoms with Gasteiger partial charge in [-0.25, -0.2) is 4.98 Å². The second-order valence-electron chi connectivity index (χ2n) is 7.04. The van der Waals surface area contributed by atoms with Crippen molar-refractivity contribution >= 4 is 86.3 Å². The first-order valence-electron chi connectivity index (χ1n) is 10.1. The van der Waals surface area contributed by atoms with Crippen LogP contribution in [0.1, 0.15) is 22.3 Å². The van der Waals surface area contributed by atoms with Gasteiger partial charge < -0.3 is 9.97 Å². The van der Waals surface area contributed by atoms with Gasteiger partial charge in [0.1, 0.15) is 0 Å². The van der Waals surface area contributed by atoms with Crippen LogP contribution < -0.4 is 11.1 Å². The average Bonchev–Trinajstić information content (AvgIpc) is 2.84. The van der Waals surface area contributed by atoms with Crippen LogP contribution in [0.3, 0.4) is 0 Å². The van der Waals surface area contributed by atoms with Gasteiger partial charge in [0, 0.05) is 70.5 Å². The molecule has 0 bridgehead atoms. The molecule has 0 aliphatic rings. The van der Waals surface area contributed by atoms with E-state index in [1.165, 1.54) is 30.4 Å². The third-order valence-corrected chi connectivity index (χ3v) is 7.35. The van der Waals surface area contributed by atoms with Gasteiger partial charge >= 0.3 is 0 Å². The van der Waals surface area contributed by atoms with Gasteiger partial charge in [-0.1, -0.05) is 74.1 Å². The maximum Gasteiger partial charge on any atom is 0.254 e. The Bertz CT molecular complexity index is 1490. The lowest BCUT2D eigenvalue weighted by molar-refractivity contribution is 0.917. The normalized spacial score (nSPS) is 10.1. The summed E-state index contributed by atoms with van der Waals surface area (Å²) in [6.45, 7) is 3.42. The van der Waals surface area contributed by atoms with Gasteiger partial charge in [0.15, 0.2) is 9.93 Å². The van der Waals surface area contributed by atoms with Crippen LogP contribution in [-0.2, 0) is 11.1 Å². The largest absolute Gasteiger partial charge is 0.338 e. The molecule has 8 nitrogen and oxygen atoms in total. The minimum atomic E-state index is -0.139. The summed E-state index contributed by atoms with van der Waals surface area (Å²) < 4.78 is 0.366. The molecule has 0 radical (unpaired) electrons. The molecule has 0 fully saturated rings. The quantitative estimate of drug-likeness (QED) is 0.0908. The molecule has 4 aromatic rings. The number of aromatic nitrogens is 6. The number of alkyl halides is 1. The average molecular weight is 685 g/mol. The number of nitrogens with zero attached hydrogens (tertiary/aromatic N) is 3. The topological polar surface area (TPSA) is 120 Å². The van der Waals surface area contributed by atoms with Crippen LogP contribution in [0.25, 0.3) is 0 Å². The minimum absolute atomic E-state index is 0.126. The van der Waals surface area contributed by atoms with E-state index < -0.39 is 0 Å². The highest BCUT2D eigenvalue weighted by molar-refractivity contribution is 9.08. The van der Waals surface area contributed by atoms with E-state index in [0.29, 0.717) is 52.2 Å². The van der Waals surface area contributed by atoms with Crippen LogP contribution in [0.2, 0.25) is 20.1 Å². The van der Waals surface area contributed by atoms with Crippen molar-refractivity contribution in [3.63, 3.8) is 0 Å². The molecule has 4 heterocycles. The predicted octanol–water partition coefficient (Wildman–Crippen LogP) is 7.10. The third kappa shape index (κ3) is 10.2. The molecule has 0 unspecified atom stereocenters. The Hall–Kier alpha value is -1.73. The summed E-state index contributed by atoms with van der Waals surface area (Å²) in [4.78, 5) is 41.7. The lowest BCUT2D eigenvalue weighted by Crippen LogP contribution is -2.10. The number of nitrogens with one attached hydrogen (secondary N) is 3. The van der Waals surface area contributed by atoms with Gasteiger partial charge in [0.2, 0.25) is 0 Å². The molecule has 4 aromatic heterocycles. The molecular weight excluding hydrogens is 666 g/mol. The maximum atomic E-state index is 11.4. The zero-order valence-corrected chi connectivity index (χ0v) is 25.5. The predicted molar refractivity (Wildman–Crippen MR) is 157 cm³/mol. The van der Waals surface area contributed by atoms with Gasteiger partial charge in [-0.2, -0.15) is 0 Å². The summed E-state index contributed by atoms with van der Waals surface area (Å²) in [5, 5.41) is 3.41. The Morgan fingerprint density at radius 1 is 0.838 bits per heavy atom. The highest BCUT2D eigenvalue weighted by Gasteiger charge is 2.08. The molecule has 0 saturated carbocycles. The minimum Gasteiger partial charge on any atom is -0.338 e. The fourth-order valence-electron chi connectivity index (χ4n) is 2.27. The van der Waals surface area contributed by atoms with Crippen LogP contribution in [-0.4, -0.2) is 29.9 Å². The fraction of sp³-hybridized carbons (Fsp3) is 0.182. The van der Waals surface area contributed by atoms with Crippen molar-refractivity contribution in [1.82, 2.24) is 29.9 Å². The van der Waals surface area contributed by atoms with Crippen molar-refractivity contribution in [3.8, 4) is 0 Å². The number of aromatic amines is 3. The third-order valence-electron chi connectivity index (χ3n) is 4.35. The molecule has 4 rings (SSSR count). The first-order valence-corrected chi connectivity index (χ1v) is 14.1. The number of thioether (sulfide) groups is 1. The molecule has 0 saturated heterocycles. The number of H-pyrrole nitrogens is 3. The van der Waals surface area contributed by atoms with Gasteiger partial charge in [-0.05, 0) is 26.1 Å². The first-order chi connectivity index (χ1) is 17.5. The second kappa shape index (κ2) is 15.6. The summed E-state index contributed by atoms with van der Waals surface area (Å²) in [5.74, 6) is 0.520. The van der Waals surface area contributed by atoms with E-state index in [9.17, 15) is 9.59 Å². The number of rotatable bonds is 4. The van der Waals surface area contributed by atoms with Gasteiger partial charge in [0.05, 0.1) is 20.1 Å². The van der Waals surface area contributed by atoms with Crippen molar-refractivity contribution < 1.29 is 0 Å². The molecule has 0 aliphatic carbocycles. The standard InChI is InChI=1S/C11H9Cl2N3OS.C6H4BrCl2N.C5H6N2OS/c1-6-2-15-11(16-10(6)17)18-5-7-8(12)3-14-4-9(7)13;7-1-4-5(8)2-10-3-6(4)9;1-3-2-6-5(9)7-4(3)8/h2-4H,5H2,1H3,(H,15,16,17);2-3H,1H2;2H,1H3,(H2,6,7,8,9). The zero-order valence-electron chi connectivity index (χ0n) is 19.2. The summed E-state index contributed by atoms with van der Waals surface area (Å²) in [6.07, 6.45) is 9.34. The molecule has 0 amide bonds. The lowest BCUT2D eigenvalue weighted by atomic mass is 10.3. The maximum absolute atomic E-state index is 11.4. The van der Waals surface area contributed by atoms with Crippen LogP contribution >= 0.6 is 86.3 Å². The van der Waals surface area contributed by atoms with E-state index in [-0.39, 0.29) is 11.1 Å². The number of pyridine rings is 2. The Kier molecular flexibility index (Phi) is 13.3. The lowest BCUT2D eigenvalue weighted by Gasteiger charge is -2.05. The fourth-order valence-corrected chi connectivity index (χ4v) is 5.39. The summed E-state index contributed by atoms with van der Waals surface area (Å²) in [6, 6.07) is 0. The molecule has 0 aliphatic heterocycles. The smallest absolute Gasteiger partial charge is 0.254 e. The van der Waals surface area contributed by atoms with Crippen molar-refractivity contribution in [2.45, 2.75) is 30.1 Å². The molecule has 3 N–H and O–H groups in total. The van der Waals surface area contributed by atoms with Crippen LogP contribution in [0.4, 0.5) is 0 Å². The highest BCUT2D eigenvalue weighted by atomic mass is 79.9. The van der Waals surface area contributed by atoms with E-state index in [4.69, 9.17) is 46.4 Å². The van der Waals surface area contributed by atoms with E-state index in [2.05, 4.69) is 58.1 Å². The van der Waals surface area contributed by atoms with Gasteiger partial charge in [-0.15, -0.1) is 0 Å². The van der Waals surface area contributed by atoms with E-state index in [0.717, 1.165) is 11.1 Å².